The largest absolute Gasteiger partial charge is 0.433 e. The predicted molar refractivity (Wildman–Crippen MR) is 72.7 cm³/mol. The lowest BCUT2D eigenvalue weighted by atomic mass is 10.2. The van der Waals surface area contributed by atoms with Crippen LogP contribution in [0.1, 0.15) is 16.1 Å². The van der Waals surface area contributed by atoms with Gasteiger partial charge in [-0.2, -0.15) is 13.2 Å². The molecule has 4 nitrogen and oxygen atoms in total. The SMILES string of the molecule is NC(=O)c1ccc(C(F)(F)F)nc1Sc1ccccc1N. The number of hydrogen-bond acceptors (Lipinski definition) is 4. The predicted octanol–water partition coefficient (Wildman–Crippen LogP) is 2.93. The van der Waals surface area contributed by atoms with Crippen LogP contribution in [0.15, 0.2) is 46.3 Å². The Labute approximate surface area is 122 Å². The second-order valence-corrected chi connectivity index (χ2v) is 5.08. The van der Waals surface area contributed by atoms with Gasteiger partial charge in [0.1, 0.15) is 10.7 Å². The molecule has 4 N–H and O–H groups in total. The van der Waals surface area contributed by atoms with E-state index >= 15 is 0 Å². The number of nitrogen functional groups attached to an aromatic ring is 1. The number of carbonyl (C=O) groups excluding carboxylic acids is 1. The third-order valence-corrected chi connectivity index (χ3v) is 3.64. The van der Waals surface area contributed by atoms with Crippen LogP contribution < -0.4 is 11.5 Å². The van der Waals surface area contributed by atoms with Crippen molar-refractivity contribution in [2.24, 2.45) is 5.73 Å². The van der Waals surface area contributed by atoms with Gasteiger partial charge < -0.3 is 11.5 Å². The van der Waals surface area contributed by atoms with Crippen molar-refractivity contribution >= 4 is 23.4 Å². The van der Waals surface area contributed by atoms with Crippen LogP contribution in [-0.4, -0.2) is 10.9 Å². The summed E-state index contributed by atoms with van der Waals surface area (Å²) in [6.45, 7) is 0. The number of nitrogens with two attached hydrogens (primary N) is 2. The van der Waals surface area contributed by atoms with E-state index in [-0.39, 0.29) is 10.6 Å². The van der Waals surface area contributed by atoms with Crippen LogP contribution in [0.5, 0.6) is 0 Å². The molecule has 0 aliphatic heterocycles. The number of benzene rings is 1. The van der Waals surface area contributed by atoms with Gasteiger partial charge in [-0.15, -0.1) is 0 Å². The highest BCUT2D eigenvalue weighted by molar-refractivity contribution is 7.99. The molecule has 1 aromatic heterocycles. The highest BCUT2D eigenvalue weighted by Crippen LogP contribution is 2.35. The molecular formula is C13H10F3N3OS. The van der Waals surface area contributed by atoms with Crippen molar-refractivity contribution in [2.75, 3.05) is 5.73 Å². The number of aromatic nitrogens is 1. The van der Waals surface area contributed by atoms with Gasteiger partial charge in [0.25, 0.3) is 5.91 Å². The first kappa shape index (κ1) is 15.2. The summed E-state index contributed by atoms with van der Waals surface area (Å²) in [5, 5.41) is -0.129. The Hall–Kier alpha value is -2.22. The monoisotopic (exact) mass is 313 g/mol. The number of pyridine rings is 1. The Morgan fingerprint density at radius 1 is 1.14 bits per heavy atom. The van der Waals surface area contributed by atoms with E-state index < -0.39 is 17.8 Å². The molecule has 0 bridgehead atoms. The lowest BCUT2D eigenvalue weighted by molar-refractivity contribution is -0.141. The van der Waals surface area contributed by atoms with Crippen molar-refractivity contribution in [1.29, 1.82) is 0 Å². The van der Waals surface area contributed by atoms with Gasteiger partial charge in [-0.25, -0.2) is 4.98 Å². The van der Waals surface area contributed by atoms with Gasteiger partial charge in [0.15, 0.2) is 0 Å². The van der Waals surface area contributed by atoms with E-state index in [1.165, 1.54) is 0 Å². The summed E-state index contributed by atoms with van der Waals surface area (Å²) in [6.07, 6.45) is -4.60. The van der Waals surface area contributed by atoms with Crippen LogP contribution >= 0.6 is 11.8 Å². The smallest absolute Gasteiger partial charge is 0.398 e. The molecule has 0 spiro atoms. The maximum atomic E-state index is 12.7. The number of nitrogens with zero attached hydrogens (tertiary/aromatic N) is 1. The Balaban J connectivity index is 2.49. The average Bonchev–Trinajstić information content (AvgIpc) is 2.40. The molecule has 8 heteroatoms. The number of rotatable bonds is 3. The van der Waals surface area contributed by atoms with Crippen LogP contribution in [0, 0.1) is 0 Å². The zero-order chi connectivity index (χ0) is 15.6. The van der Waals surface area contributed by atoms with E-state index in [4.69, 9.17) is 11.5 Å². The fourth-order valence-corrected chi connectivity index (χ4v) is 2.50. The van der Waals surface area contributed by atoms with Crippen LogP contribution in [0.2, 0.25) is 0 Å². The molecule has 21 heavy (non-hydrogen) atoms. The lowest BCUT2D eigenvalue weighted by Crippen LogP contribution is -2.16. The van der Waals surface area contributed by atoms with Crippen molar-refractivity contribution < 1.29 is 18.0 Å². The summed E-state index contributed by atoms with van der Waals surface area (Å²) in [4.78, 5) is 15.3. The van der Waals surface area contributed by atoms with Crippen LogP contribution in [0.25, 0.3) is 0 Å². The molecule has 1 amide bonds. The molecule has 2 aromatic rings. The van der Waals surface area contributed by atoms with E-state index in [9.17, 15) is 18.0 Å². The maximum absolute atomic E-state index is 12.7. The van der Waals surface area contributed by atoms with E-state index in [2.05, 4.69) is 4.98 Å². The second kappa shape index (κ2) is 5.65. The normalized spacial score (nSPS) is 11.4. The minimum Gasteiger partial charge on any atom is -0.398 e. The van der Waals surface area contributed by atoms with Crippen molar-refractivity contribution in [2.45, 2.75) is 16.1 Å². The number of alkyl halides is 3. The highest BCUT2D eigenvalue weighted by Gasteiger charge is 2.33. The van der Waals surface area contributed by atoms with Gasteiger partial charge in [0, 0.05) is 10.6 Å². The van der Waals surface area contributed by atoms with Gasteiger partial charge in [-0.1, -0.05) is 23.9 Å². The number of primary amides is 1. The first-order chi connectivity index (χ1) is 9.79. The minimum absolute atomic E-state index is 0.0868. The fraction of sp³-hybridized carbons (Fsp3) is 0.0769. The van der Waals surface area contributed by atoms with Gasteiger partial charge in [-0.05, 0) is 24.3 Å². The first-order valence-electron chi connectivity index (χ1n) is 5.69. The van der Waals surface area contributed by atoms with Gasteiger partial charge in [0.2, 0.25) is 0 Å². The highest BCUT2D eigenvalue weighted by atomic mass is 32.2. The maximum Gasteiger partial charge on any atom is 0.433 e. The summed E-state index contributed by atoms with van der Waals surface area (Å²) < 4.78 is 38.1. The second-order valence-electron chi connectivity index (χ2n) is 4.05. The molecule has 0 fully saturated rings. The number of carbonyl (C=O) groups is 1. The first-order valence-corrected chi connectivity index (χ1v) is 6.51. The van der Waals surface area contributed by atoms with Gasteiger partial charge in [0.05, 0.1) is 5.56 Å². The molecule has 0 aliphatic rings. The van der Waals surface area contributed by atoms with E-state index in [1.807, 2.05) is 0 Å². The average molecular weight is 313 g/mol. The number of hydrogen-bond donors (Lipinski definition) is 2. The zero-order valence-corrected chi connectivity index (χ0v) is 11.3. The Morgan fingerprint density at radius 3 is 2.38 bits per heavy atom. The molecule has 0 unspecified atom stereocenters. The molecular weight excluding hydrogens is 303 g/mol. The summed E-state index contributed by atoms with van der Waals surface area (Å²) in [5.74, 6) is -0.853. The molecule has 0 saturated heterocycles. The summed E-state index contributed by atoms with van der Waals surface area (Å²) in [5.41, 5.74) is 10.1. The molecule has 0 atom stereocenters. The summed E-state index contributed by atoms with van der Waals surface area (Å²) in [7, 11) is 0. The Bertz CT molecular complexity index is 689. The standard InChI is InChI=1S/C13H10F3N3OS/c14-13(15,16)10-6-5-7(11(18)20)12(19-10)21-9-4-2-1-3-8(9)17/h1-6H,17H2,(H2,18,20). The quantitative estimate of drug-likeness (QED) is 0.854. The van der Waals surface area contributed by atoms with Crippen molar-refractivity contribution in [3.05, 3.63) is 47.7 Å². The molecule has 0 aliphatic carbocycles. The van der Waals surface area contributed by atoms with E-state index in [1.54, 1.807) is 24.3 Å². The van der Waals surface area contributed by atoms with Crippen LogP contribution in [0.3, 0.4) is 0 Å². The molecule has 1 heterocycles. The van der Waals surface area contributed by atoms with Crippen molar-refractivity contribution in [3.8, 4) is 0 Å². The van der Waals surface area contributed by atoms with Crippen LogP contribution in [-0.2, 0) is 6.18 Å². The van der Waals surface area contributed by atoms with Gasteiger partial charge >= 0.3 is 6.18 Å². The molecule has 2 rings (SSSR count). The number of anilines is 1. The topological polar surface area (TPSA) is 82.0 Å². The van der Waals surface area contributed by atoms with Gasteiger partial charge in [-0.3, -0.25) is 4.79 Å². The zero-order valence-electron chi connectivity index (χ0n) is 10.5. The Kier molecular flexibility index (Phi) is 4.08. The van der Waals surface area contributed by atoms with Crippen LogP contribution in [0.4, 0.5) is 18.9 Å². The molecule has 1 aromatic carbocycles. The molecule has 0 saturated carbocycles. The number of amides is 1. The molecule has 110 valence electrons. The number of halogens is 3. The minimum atomic E-state index is -4.60. The Morgan fingerprint density at radius 2 is 1.81 bits per heavy atom. The van der Waals surface area contributed by atoms with Crippen molar-refractivity contribution in [1.82, 2.24) is 4.98 Å². The fourth-order valence-electron chi connectivity index (χ4n) is 1.54. The number of para-hydroxylation sites is 1. The van der Waals surface area contributed by atoms with E-state index in [0.29, 0.717) is 10.6 Å². The summed E-state index contributed by atoms with van der Waals surface area (Å²) >= 11 is 0.862. The third-order valence-electron chi connectivity index (χ3n) is 2.54. The third kappa shape index (κ3) is 3.46. The summed E-state index contributed by atoms with van der Waals surface area (Å²) in [6, 6.07) is 8.31. The lowest BCUT2D eigenvalue weighted by Gasteiger charge is -2.11. The van der Waals surface area contributed by atoms with Crippen molar-refractivity contribution in [3.63, 3.8) is 0 Å². The van der Waals surface area contributed by atoms with E-state index in [0.717, 1.165) is 23.9 Å². The molecule has 0 radical (unpaired) electrons.